The first-order chi connectivity index (χ1) is 13.6. The molecule has 0 spiro atoms. The number of H-pyrrole nitrogens is 1. The Morgan fingerprint density at radius 1 is 1.25 bits per heavy atom. The van der Waals surface area contributed by atoms with Gasteiger partial charge in [0.15, 0.2) is 10.6 Å². The van der Waals surface area contributed by atoms with Crippen molar-refractivity contribution in [1.82, 2.24) is 34.8 Å². The van der Waals surface area contributed by atoms with Crippen LogP contribution in [0.4, 0.5) is 0 Å². The summed E-state index contributed by atoms with van der Waals surface area (Å²) in [6.07, 6.45) is 0.548. The molecule has 0 unspecified atom stereocenters. The third-order valence-electron chi connectivity index (χ3n) is 4.16. The fourth-order valence-corrected chi connectivity index (χ4v) is 3.54. The van der Waals surface area contributed by atoms with Gasteiger partial charge in [0.05, 0.1) is 10.6 Å². The fraction of sp³-hybridized carbons (Fsp3) is 0.167. The second-order valence-electron chi connectivity index (χ2n) is 5.99. The lowest BCUT2D eigenvalue weighted by atomic mass is 10.3. The predicted molar refractivity (Wildman–Crippen MR) is 109 cm³/mol. The average molecular weight is 412 g/mol. The van der Waals surface area contributed by atoms with E-state index in [1.165, 1.54) is 0 Å². The smallest absolute Gasteiger partial charge is 0.291 e. The zero-order chi connectivity index (χ0) is 19.5. The average Bonchev–Trinajstić information content (AvgIpc) is 3.45. The summed E-state index contributed by atoms with van der Waals surface area (Å²) in [6.45, 7) is 0.403. The van der Waals surface area contributed by atoms with Gasteiger partial charge in [-0.25, -0.2) is 9.67 Å². The first-order valence-electron chi connectivity index (χ1n) is 8.58. The number of thiophene rings is 1. The molecule has 8 nitrogen and oxygen atoms in total. The Morgan fingerprint density at radius 3 is 2.75 bits per heavy atom. The molecule has 0 bridgehead atoms. The minimum absolute atomic E-state index is 0.127. The van der Waals surface area contributed by atoms with E-state index in [1.54, 1.807) is 20.6 Å². The van der Waals surface area contributed by atoms with E-state index in [-0.39, 0.29) is 11.7 Å². The van der Waals surface area contributed by atoms with Crippen molar-refractivity contribution < 1.29 is 4.79 Å². The number of para-hydroxylation sites is 1. The largest absolute Gasteiger partial charge is 0.349 e. The van der Waals surface area contributed by atoms with Crippen molar-refractivity contribution in [1.29, 1.82) is 0 Å². The lowest BCUT2D eigenvalue weighted by Gasteiger charge is -2.03. The second kappa shape index (κ2) is 7.87. The van der Waals surface area contributed by atoms with Crippen molar-refractivity contribution in [3.63, 3.8) is 0 Å². The number of rotatable bonds is 6. The molecule has 28 heavy (non-hydrogen) atoms. The van der Waals surface area contributed by atoms with Crippen LogP contribution < -0.4 is 5.32 Å². The number of nitrogens with one attached hydrogen (secondary N) is 2. The molecule has 142 valence electrons. The number of benzene rings is 1. The van der Waals surface area contributed by atoms with Crippen LogP contribution in [0.1, 0.15) is 16.4 Å². The summed E-state index contributed by atoms with van der Waals surface area (Å²) >= 11 is 6.64. The number of hydrogen-bond acceptors (Lipinski definition) is 6. The van der Waals surface area contributed by atoms with Crippen LogP contribution in [-0.2, 0) is 13.5 Å². The van der Waals surface area contributed by atoms with E-state index >= 15 is 0 Å². The molecule has 4 rings (SSSR count). The van der Waals surface area contributed by atoms with Crippen molar-refractivity contribution in [3.8, 4) is 16.4 Å². The van der Waals surface area contributed by atoms with Gasteiger partial charge in [0.25, 0.3) is 5.91 Å². The van der Waals surface area contributed by atoms with Gasteiger partial charge >= 0.3 is 0 Å². The first-order valence-corrected chi connectivity index (χ1v) is 9.87. The molecule has 0 atom stereocenters. The summed E-state index contributed by atoms with van der Waals surface area (Å²) in [5.41, 5.74) is 0.846. The number of carbonyl (C=O) groups is 1. The van der Waals surface area contributed by atoms with Crippen molar-refractivity contribution in [2.24, 2.45) is 7.05 Å². The maximum Gasteiger partial charge on any atom is 0.291 e. The van der Waals surface area contributed by atoms with Crippen molar-refractivity contribution in [3.05, 3.63) is 64.3 Å². The Kier molecular flexibility index (Phi) is 5.13. The van der Waals surface area contributed by atoms with E-state index in [0.29, 0.717) is 23.6 Å². The Bertz CT molecular complexity index is 1140. The molecule has 0 aliphatic carbocycles. The molecule has 1 amide bonds. The van der Waals surface area contributed by atoms with E-state index in [0.717, 1.165) is 16.4 Å². The van der Waals surface area contributed by atoms with Crippen LogP contribution in [0, 0.1) is 4.77 Å². The van der Waals surface area contributed by atoms with E-state index in [4.69, 9.17) is 12.2 Å². The SMILES string of the molecule is Cn1c(CCNC(=O)c2nc(-c3cccs3)n(-c3ccccc3)n2)n[nH]c1=S. The predicted octanol–water partition coefficient (Wildman–Crippen LogP) is 2.76. The molecule has 0 aliphatic rings. The third kappa shape index (κ3) is 3.64. The maximum atomic E-state index is 12.6. The number of aromatic amines is 1. The molecule has 3 aromatic heterocycles. The van der Waals surface area contributed by atoms with Crippen LogP contribution in [0.2, 0.25) is 0 Å². The normalized spacial score (nSPS) is 10.9. The zero-order valence-corrected chi connectivity index (χ0v) is 16.6. The van der Waals surface area contributed by atoms with E-state index in [1.807, 2.05) is 54.9 Å². The van der Waals surface area contributed by atoms with Gasteiger partial charge < -0.3 is 9.88 Å². The molecule has 0 saturated carbocycles. The fourth-order valence-electron chi connectivity index (χ4n) is 2.69. The van der Waals surface area contributed by atoms with Crippen molar-refractivity contribution in [2.45, 2.75) is 6.42 Å². The highest BCUT2D eigenvalue weighted by Crippen LogP contribution is 2.25. The molecule has 2 N–H and O–H groups in total. The standard InChI is InChI=1S/C18H17N7OS2/c1-24-14(21-22-18(24)27)9-10-19-17(26)15-20-16(13-8-5-11-28-13)25(23-15)12-6-3-2-4-7-12/h2-8,11H,9-10H2,1H3,(H,19,26)(H,22,27). The number of hydrogen-bond donors (Lipinski definition) is 2. The Balaban J connectivity index is 1.55. The van der Waals surface area contributed by atoms with Gasteiger partial charge in [0.1, 0.15) is 5.82 Å². The van der Waals surface area contributed by atoms with Crippen LogP contribution >= 0.6 is 23.6 Å². The molecular formula is C18H17N7OS2. The van der Waals surface area contributed by atoms with Gasteiger partial charge in [-0.2, -0.15) is 5.10 Å². The summed E-state index contributed by atoms with van der Waals surface area (Å²) in [6, 6.07) is 13.5. The van der Waals surface area contributed by atoms with Crippen LogP contribution in [0.15, 0.2) is 47.8 Å². The summed E-state index contributed by atoms with van der Waals surface area (Å²) < 4.78 is 4.02. The second-order valence-corrected chi connectivity index (χ2v) is 7.33. The minimum Gasteiger partial charge on any atom is -0.349 e. The van der Waals surface area contributed by atoms with E-state index in [9.17, 15) is 4.79 Å². The third-order valence-corrected chi connectivity index (χ3v) is 5.39. The van der Waals surface area contributed by atoms with E-state index < -0.39 is 0 Å². The molecule has 0 radical (unpaired) electrons. The summed E-state index contributed by atoms with van der Waals surface area (Å²) in [7, 11) is 1.83. The van der Waals surface area contributed by atoms with Gasteiger partial charge in [0, 0.05) is 20.0 Å². The van der Waals surface area contributed by atoms with Gasteiger partial charge in [-0.15, -0.1) is 16.4 Å². The van der Waals surface area contributed by atoms with E-state index in [2.05, 4.69) is 25.6 Å². The lowest BCUT2D eigenvalue weighted by molar-refractivity contribution is 0.0943. The molecule has 0 fully saturated rings. The number of aromatic nitrogens is 6. The first kappa shape index (κ1) is 18.3. The quantitative estimate of drug-likeness (QED) is 0.476. The van der Waals surface area contributed by atoms with Crippen LogP contribution in [0.25, 0.3) is 16.4 Å². The highest BCUT2D eigenvalue weighted by atomic mass is 32.1. The topological polar surface area (TPSA) is 93.4 Å². The number of carbonyl (C=O) groups excluding carboxylic acids is 1. The van der Waals surface area contributed by atoms with Crippen LogP contribution in [-0.4, -0.2) is 42.0 Å². The minimum atomic E-state index is -0.329. The molecule has 0 saturated heterocycles. The molecule has 3 heterocycles. The van der Waals surface area contributed by atoms with Crippen molar-refractivity contribution in [2.75, 3.05) is 6.54 Å². The molecule has 1 aromatic carbocycles. The highest BCUT2D eigenvalue weighted by molar-refractivity contribution is 7.71. The molecular weight excluding hydrogens is 394 g/mol. The Morgan fingerprint density at radius 2 is 2.07 bits per heavy atom. The Labute approximate surface area is 169 Å². The molecule has 10 heteroatoms. The Hall–Kier alpha value is -3.11. The number of nitrogens with zero attached hydrogens (tertiary/aromatic N) is 5. The summed E-state index contributed by atoms with van der Waals surface area (Å²) in [5, 5.41) is 16.1. The summed E-state index contributed by atoms with van der Waals surface area (Å²) in [4.78, 5) is 18.0. The van der Waals surface area contributed by atoms with Gasteiger partial charge in [-0.1, -0.05) is 24.3 Å². The maximum absolute atomic E-state index is 12.6. The van der Waals surface area contributed by atoms with Gasteiger partial charge in [-0.3, -0.25) is 9.89 Å². The van der Waals surface area contributed by atoms with Gasteiger partial charge in [0.2, 0.25) is 5.82 Å². The van der Waals surface area contributed by atoms with Crippen LogP contribution in [0.5, 0.6) is 0 Å². The van der Waals surface area contributed by atoms with Crippen molar-refractivity contribution >= 4 is 29.5 Å². The van der Waals surface area contributed by atoms with Crippen LogP contribution in [0.3, 0.4) is 0 Å². The molecule has 0 aliphatic heterocycles. The summed E-state index contributed by atoms with van der Waals surface area (Å²) in [5.74, 6) is 1.21. The highest BCUT2D eigenvalue weighted by Gasteiger charge is 2.19. The molecule has 4 aromatic rings. The monoisotopic (exact) mass is 411 g/mol. The lowest BCUT2D eigenvalue weighted by Crippen LogP contribution is -2.27. The van der Waals surface area contributed by atoms with Gasteiger partial charge in [-0.05, 0) is 35.8 Å². The zero-order valence-electron chi connectivity index (χ0n) is 15.0. The number of amides is 1.